The first kappa shape index (κ1) is 15.5. The summed E-state index contributed by atoms with van der Waals surface area (Å²) in [6, 6.07) is 21.6. The highest BCUT2D eigenvalue weighted by Gasteiger charge is 2.13. The van der Waals surface area contributed by atoms with Crippen LogP contribution < -0.4 is 0 Å². The van der Waals surface area contributed by atoms with Crippen molar-refractivity contribution < 1.29 is 8.81 Å². The highest BCUT2D eigenvalue weighted by molar-refractivity contribution is 5.78. The number of nitrogens with zero attached hydrogens (tertiary/aromatic N) is 4. The minimum Gasteiger partial charge on any atom is -0.436 e. The molecule has 0 unspecified atom stereocenters. The van der Waals surface area contributed by atoms with E-state index in [2.05, 4.69) is 15.2 Å². The molecule has 2 aromatic heterocycles. The molecular weight excluding hydrogens is 343 g/mol. The maximum Gasteiger partial charge on any atom is 0.227 e. The summed E-state index contributed by atoms with van der Waals surface area (Å²) in [5.74, 6) is 0.906. The lowest BCUT2D eigenvalue weighted by Crippen LogP contribution is -1.96. The first-order valence-corrected chi connectivity index (χ1v) is 8.40. The van der Waals surface area contributed by atoms with Gasteiger partial charge >= 0.3 is 0 Å². The molecule has 0 aliphatic rings. The SMILES string of the molecule is Fc1ccc(-c2nncn2-c2ccc3nc(-c4ccccc4)oc3c2)cc1. The monoisotopic (exact) mass is 356 g/mol. The van der Waals surface area contributed by atoms with Crippen LogP contribution in [0.25, 0.3) is 39.6 Å². The van der Waals surface area contributed by atoms with Crippen LogP contribution in [0, 0.1) is 5.82 Å². The number of rotatable bonds is 3. The molecule has 0 aliphatic carbocycles. The van der Waals surface area contributed by atoms with Gasteiger partial charge in [-0.1, -0.05) is 18.2 Å². The van der Waals surface area contributed by atoms with Gasteiger partial charge in [0.2, 0.25) is 5.89 Å². The van der Waals surface area contributed by atoms with Gasteiger partial charge in [0, 0.05) is 17.2 Å². The Balaban J connectivity index is 1.59. The van der Waals surface area contributed by atoms with Crippen molar-refractivity contribution in [2.75, 3.05) is 0 Å². The fraction of sp³-hybridized carbons (Fsp3) is 0. The third kappa shape index (κ3) is 2.77. The van der Waals surface area contributed by atoms with E-state index in [0.717, 1.165) is 22.3 Å². The number of hydrogen-bond donors (Lipinski definition) is 0. The maximum absolute atomic E-state index is 13.2. The summed E-state index contributed by atoms with van der Waals surface area (Å²) >= 11 is 0. The van der Waals surface area contributed by atoms with Crippen LogP contribution in [0.2, 0.25) is 0 Å². The third-order valence-electron chi connectivity index (χ3n) is 4.32. The minimum atomic E-state index is -0.290. The summed E-state index contributed by atoms with van der Waals surface area (Å²) in [6.45, 7) is 0. The van der Waals surface area contributed by atoms with Gasteiger partial charge in [-0.25, -0.2) is 9.37 Å². The van der Waals surface area contributed by atoms with Crippen molar-refractivity contribution in [3.05, 3.63) is 84.9 Å². The van der Waals surface area contributed by atoms with E-state index in [9.17, 15) is 4.39 Å². The fourth-order valence-electron chi connectivity index (χ4n) is 2.99. The van der Waals surface area contributed by atoms with Gasteiger partial charge in [-0.2, -0.15) is 0 Å². The molecule has 130 valence electrons. The van der Waals surface area contributed by atoms with E-state index in [1.54, 1.807) is 18.5 Å². The maximum atomic E-state index is 13.2. The van der Waals surface area contributed by atoms with Crippen molar-refractivity contribution in [2.24, 2.45) is 0 Å². The molecule has 0 saturated heterocycles. The molecule has 0 bridgehead atoms. The predicted molar refractivity (Wildman–Crippen MR) is 99.8 cm³/mol. The molecule has 0 radical (unpaired) electrons. The van der Waals surface area contributed by atoms with Crippen LogP contribution in [0.5, 0.6) is 0 Å². The van der Waals surface area contributed by atoms with E-state index in [4.69, 9.17) is 4.42 Å². The highest BCUT2D eigenvalue weighted by atomic mass is 19.1. The Hall–Kier alpha value is -3.80. The number of halogens is 1. The van der Waals surface area contributed by atoms with Crippen molar-refractivity contribution in [3.8, 4) is 28.5 Å². The lowest BCUT2D eigenvalue weighted by Gasteiger charge is -2.06. The smallest absolute Gasteiger partial charge is 0.227 e. The molecule has 6 heteroatoms. The van der Waals surface area contributed by atoms with E-state index in [0.29, 0.717) is 17.3 Å². The van der Waals surface area contributed by atoms with Gasteiger partial charge in [0.05, 0.1) is 5.69 Å². The third-order valence-corrected chi connectivity index (χ3v) is 4.32. The van der Waals surface area contributed by atoms with Gasteiger partial charge in [-0.05, 0) is 48.5 Å². The second-order valence-electron chi connectivity index (χ2n) is 6.07. The Kier molecular flexibility index (Phi) is 3.53. The summed E-state index contributed by atoms with van der Waals surface area (Å²) in [4.78, 5) is 4.55. The minimum absolute atomic E-state index is 0.290. The molecule has 3 aromatic carbocycles. The van der Waals surface area contributed by atoms with Crippen LogP contribution in [-0.4, -0.2) is 19.7 Å². The zero-order valence-corrected chi connectivity index (χ0v) is 14.1. The normalized spacial score (nSPS) is 11.1. The van der Waals surface area contributed by atoms with Crippen LogP contribution in [0.15, 0.2) is 83.5 Å². The van der Waals surface area contributed by atoms with Gasteiger partial charge in [-0.15, -0.1) is 10.2 Å². The lowest BCUT2D eigenvalue weighted by atomic mass is 10.2. The molecule has 0 saturated carbocycles. The van der Waals surface area contributed by atoms with Gasteiger partial charge in [0.15, 0.2) is 11.4 Å². The average Bonchev–Trinajstić information content (AvgIpc) is 3.36. The average molecular weight is 356 g/mol. The molecule has 0 fully saturated rings. The Morgan fingerprint density at radius 3 is 2.48 bits per heavy atom. The Labute approximate surface area is 153 Å². The van der Waals surface area contributed by atoms with Gasteiger partial charge in [0.1, 0.15) is 17.7 Å². The van der Waals surface area contributed by atoms with Gasteiger partial charge < -0.3 is 4.42 Å². The topological polar surface area (TPSA) is 56.7 Å². The zero-order valence-electron chi connectivity index (χ0n) is 14.1. The molecule has 0 amide bonds. The molecule has 2 heterocycles. The van der Waals surface area contributed by atoms with E-state index in [1.807, 2.05) is 53.1 Å². The van der Waals surface area contributed by atoms with Crippen LogP contribution in [0.4, 0.5) is 4.39 Å². The summed E-state index contributed by atoms with van der Waals surface area (Å²) in [7, 11) is 0. The summed E-state index contributed by atoms with van der Waals surface area (Å²) < 4.78 is 21.0. The zero-order chi connectivity index (χ0) is 18.2. The molecule has 5 nitrogen and oxygen atoms in total. The van der Waals surface area contributed by atoms with Gasteiger partial charge in [0.25, 0.3) is 0 Å². The molecule has 0 spiro atoms. The number of hydrogen-bond acceptors (Lipinski definition) is 4. The second kappa shape index (κ2) is 6.17. The number of fused-ring (bicyclic) bond motifs is 1. The van der Waals surface area contributed by atoms with Crippen molar-refractivity contribution >= 4 is 11.1 Å². The molecule has 5 aromatic rings. The number of benzene rings is 3. The Bertz CT molecular complexity index is 1230. The van der Waals surface area contributed by atoms with Crippen molar-refractivity contribution in [2.45, 2.75) is 0 Å². The van der Waals surface area contributed by atoms with Crippen LogP contribution in [0.3, 0.4) is 0 Å². The standard InChI is InChI=1S/C21H13FN4O/c22-16-8-6-14(7-9-16)20-25-23-13-26(20)17-10-11-18-19(12-17)27-21(24-18)15-4-2-1-3-5-15/h1-13H. The molecule has 5 rings (SSSR count). The molecule has 27 heavy (non-hydrogen) atoms. The van der Waals surface area contributed by atoms with Crippen LogP contribution in [0.1, 0.15) is 0 Å². The number of oxazole rings is 1. The Morgan fingerprint density at radius 2 is 1.67 bits per heavy atom. The van der Waals surface area contributed by atoms with Crippen LogP contribution in [-0.2, 0) is 0 Å². The fourth-order valence-corrected chi connectivity index (χ4v) is 2.99. The first-order valence-electron chi connectivity index (χ1n) is 8.40. The lowest BCUT2D eigenvalue weighted by molar-refractivity contribution is 0.619. The summed E-state index contributed by atoms with van der Waals surface area (Å²) in [5.41, 5.74) is 3.98. The van der Waals surface area contributed by atoms with E-state index >= 15 is 0 Å². The number of aromatic nitrogens is 4. The molecule has 0 atom stereocenters. The largest absolute Gasteiger partial charge is 0.436 e. The summed E-state index contributed by atoms with van der Waals surface area (Å²) in [6.07, 6.45) is 1.62. The highest BCUT2D eigenvalue weighted by Crippen LogP contribution is 2.27. The van der Waals surface area contributed by atoms with Gasteiger partial charge in [-0.3, -0.25) is 4.57 Å². The second-order valence-corrected chi connectivity index (χ2v) is 6.07. The van der Waals surface area contributed by atoms with E-state index in [-0.39, 0.29) is 5.82 Å². The van der Waals surface area contributed by atoms with E-state index in [1.165, 1.54) is 12.1 Å². The Morgan fingerprint density at radius 1 is 0.852 bits per heavy atom. The van der Waals surface area contributed by atoms with Crippen molar-refractivity contribution in [1.82, 2.24) is 19.7 Å². The van der Waals surface area contributed by atoms with E-state index < -0.39 is 0 Å². The quantitative estimate of drug-likeness (QED) is 0.462. The predicted octanol–water partition coefficient (Wildman–Crippen LogP) is 4.88. The summed E-state index contributed by atoms with van der Waals surface area (Å²) in [5, 5.41) is 8.17. The van der Waals surface area contributed by atoms with Crippen molar-refractivity contribution in [1.29, 1.82) is 0 Å². The van der Waals surface area contributed by atoms with Crippen molar-refractivity contribution in [3.63, 3.8) is 0 Å². The molecular formula is C21H13FN4O. The van der Waals surface area contributed by atoms with Crippen LogP contribution >= 0.6 is 0 Å². The molecule has 0 aliphatic heterocycles. The first-order chi connectivity index (χ1) is 13.3. The molecule has 0 N–H and O–H groups in total.